The molecule has 0 saturated heterocycles. The first-order valence-electron chi connectivity index (χ1n) is 26.4. The Morgan fingerprint density at radius 1 is 0.472 bits per heavy atom. The highest BCUT2D eigenvalue weighted by molar-refractivity contribution is 6.12. The van der Waals surface area contributed by atoms with E-state index in [1.54, 1.807) is 0 Å². The molecule has 1 heterocycles. The highest BCUT2D eigenvalue weighted by Crippen LogP contribution is 2.53. The van der Waals surface area contributed by atoms with Gasteiger partial charge in [-0.15, -0.1) is 0 Å². The summed E-state index contributed by atoms with van der Waals surface area (Å²) < 4.78 is 2.42. The predicted octanol–water partition coefficient (Wildman–Crippen LogP) is 18.2. The van der Waals surface area contributed by atoms with Crippen LogP contribution >= 0.6 is 0 Å². The van der Waals surface area contributed by atoms with Gasteiger partial charge in [0.1, 0.15) is 5.82 Å². The Morgan fingerprint density at radius 3 is 1.88 bits per heavy atom. The van der Waals surface area contributed by atoms with Crippen LogP contribution in [0.5, 0.6) is 0 Å². The molecule has 1 saturated carbocycles. The van der Waals surface area contributed by atoms with Crippen LogP contribution in [0, 0.1) is 11.8 Å². The van der Waals surface area contributed by atoms with Gasteiger partial charge in [-0.3, -0.25) is 4.57 Å². The van der Waals surface area contributed by atoms with Crippen molar-refractivity contribution in [2.45, 2.75) is 57.8 Å². The lowest BCUT2D eigenvalue weighted by atomic mass is 9.78. The normalized spacial score (nSPS) is 17.5. The van der Waals surface area contributed by atoms with Crippen LogP contribution in [0.25, 0.3) is 101 Å². The summed E-state index contributed by atoms with van der Waals surface area (Å²) in [5.41, 5.74) is 25.8. The summed E-state index contributed by atoms with van der Waals surface area (Å²) in [5, 5.41) is 2.58. The van der Waals surface area contributed by atoms with E-state index in [-0.39, 0.29) is 0 Å². The van der Waals surface area contributed by atoms with E-state index in [0.717, 1.165) is 49.9 Å². The van der Waals surface area contributed by atoms with Gasteiger partial charge in [0, 0.05) is 16.9 Å². The second-order valence-corrected chi connectivity index (χ2v) is 20.6. The van der Waals surface area contributed by atoms with Crippen LogP contribution < -0.4 is 0 Å². The highest BCUT2D eigenvalue weighted by Gasteiger charge is 2.40. The monoisotopic (exact) mass is 924 g/mol. The van der Waals surface area contributed by atoms with Gasteiger partial charge < -0.3 is 0 Å². The number of allylic oxidation sites excluding steroid dienone is 9. The molecule has 0 amide bonds. The number of benzene rings is 8. The van der Waals surface area contributed by atoms with Gasteiger partial charge in [0.05, 0.1) is 5.69 Å². The molecular formula is C70H56N2. The van der Waals surface area contributed by atoms with Crippen LogP contribution in [0.2, 0.25) is 0 Å². The van der Waals surface area contributed by atoms with Crippen molar-refractivity contribution in [3.63, 3.8) is 0 Å². The lowest BCUT2D eigenvalue weighted by molar-refractivity contribution is 0.656. The van der Waals surface area contributed by atoms with Crippen molar-refractivity contribution in [3.05, 3.63) is 246 Å². The quantitative estimate of drug-likeness (QED) is 0.141. The molecule has 346 valence electrons. The van der Waals surface area contributed by atoms with Crippen molar-refractivity contribution >= 4 is 28.0 Å². The van der Waals surface area contributed by atoms with Crippen molar-refractivity contribution in [2.24, 2.45) is 11.8 Å². The van der Waals surface area contributed by atoms with Crippen molar-refractivity contribution in [3.8, 4) is 72.7 Å². The maximum absolute atomic E-state index is 5.34. The largest absolute Gasteiger partial charge is 0.296 e. The first-order valence-corrected chi connectivity index (χ1v) is 26.4. The van der Waals surface area contributed by atoms with E-state index < -0.39 is 0 Å². The summed E-state index contributed by atoms with van der Waals surface area (Å²) in [6.07, 6.45) is 29.0. The minimum atomic E-state index is 0.607. The third kappa shape index (κ3) is 7.69. The fourth-order valence-electron chi connectivity index (χ4n) is 12.5. The molecular weight excluding hydrogens is 869 g/mol. The van der Waals surface area contributed by atoms with E-state index in [4.69, 9.17) is 4.98 Å². The second-order valence-electron chi connectivity index (χ2n) is 20.6. The molecule has 5 aliphatic carbocycles. The summed E-state index contributed by atoms with van der Waals surface area (Å²) in [4.78, 5) is 5.34. The highest BCUT2D eigenvalue weighted by atomic mass is 15.1. The number of rotatable bonds is 9. The SMILES string of the molecule is C1=CC2CC2C(c2cc(C3=CCCC=C3)cc(-c3c4c(c(-c5cc(-c6ccccc6)cc(-c6ccccc6)c5)c5cc(-c6ccc(-c7nc8c(n7-c7ccccc7)CCCC8)cc6)ccc35)CCC=C4)c2)=C1. The van der Waals surface area contributed by atoms with E-state index in [2.05, 4.69) is 223 Å². The molecule has 1 aromatic heterocycles. The van der Waals surface area contributed by atoms with Crippen LogP contribution in [-0.2, 0) is 19.3 Å². The fourth-order valence-corrected chi connectivity index (χ4v) is 12.5. The van der Waals surface area contributed by atoms with Crippen LogP contribution in [0.15, 0.2) is 212 Å². The zero-order valence-electron chi connectivity index (χ0n) is 40.7. The van der Waals surface area contributed by atoms with Crippen molar-refractivity contribution in [2.75, 3.05) is 0 Å². The molecule has 1 fully saturated rings. The molecule has 8 aromatic carbocycles. The average molecular weight is 925 g/mol. The lowest BCUT2D eigenvalue weighted by Gasteiger charge is -2.26. The maximum Gasteiger partial charge on any atom is 0.145 e. The number of hydrogen-bond donors (Lipinski definition) is 0. The molecule has 0 bridgehead atoms. The Hall–Kier alpha value is -8.07. The standard InChI is InChI=1S/C70H56N2/c1-5-18-46(19-6-1)53-38-54(47-20-7-2-8-21-47)41-57(40-53)69-62-28-14-13-27-61(62)68(58-42-55(48-22-9-3-10-23-48)39-56(43-58)60-29-17-24-52-45-64(52)60)63-37-36-51(44-65(63)69)49-32-34-50(35-33-49)70-71-66-30-15-16-31-67(66)72(70)59-25-11-4-12-26-59/h1-2,4-9,11-13,17-27,29,32-44,52,64H,3,10,14-16,28,30-31,45H2. The minimum absolute atomic E-state index is 0.607. The second kappa shape index (κ2) is 18.0. The van der Waals surface area contributed by atoms with Gasteiger partial charge in [0.15, 0.2) is 0 Å². The van der Waals surface area contributed by atoms with Gasteiger partial charge in [0.25, 0.3) is 0 Å². The molecule has 0 spiro atoms. The Labute approximate surface area is 423 Å². The third-order valence-corrected chi connectivity index (χ3v) is 16.1. The summed E-state index contributed by atoms with van der Waals surface area (Å²) in [6, 6.07) is 64.1. The zero-order chi connectivity index (χ0) is 47.5. The fraction of sp³-hybridized carbons (Fsp3) is 0.157. The Bertz CT molecular complexity index is 3690. The Kier molecular flexibility index (Phi) is 10.7. The average Bonchev–Trinajstić information content (AvgIpc) is 4.16. The molecule has 2 nitrogen and oxygen atoms in total. The van der Waals surface area contributed by atoms with E-state index in [0.29, 0.717) is 11.8 Å². The van der Waals surface area contributed by atoms with Gasteiger partial charge in [-0.2, -0.15) is 0 Å². The molecule has 5 aliphatic rings. The molecule has 2 heteroatoms. The summed E-state index contributed by atoms with van der Waals surface area (Å²) in [6.45, 7) is 0. The van der Waals surface area contributed by atoms with Gasteiger partial charge in [0.2, 0.25) is 0 Å². The number of fused-ring (bicyclic) bond motifs is 4. The van der Waals surface area contributed by atoms with E-state index in [9.17, 15) is 0 Å². The molecule has 2 unspecified atom stereocenters. The van der Waals surface area contributed by atoms with Gasteiger partial charge in [-0.25, -0.2) is 4.98 Å². The molecule has 72 heavy (non-hydrogen) atoms. The molecule has 9 aromatic rings. The van der Waals surface area contributed by atoms with Gasteiger partial charge in [-0.1, -0.05) is 164 Å². The Morgan fingerprint density at radius 2 is 1.11 bits per heavy atom. The smallest absolute Gasteiger partial charge is 0.145 e. The predicted molar refractivity (Wildman–Crippen MR) is 303 cm³/mol. The van der Waals surface area contributed by atoms with Gasteiger partial charge >= 0.3 is 0 Å². The molecule has 0 aliphatic heterocycles. The number of aryl methyl sites for hydroxylation is 1. The first kappa shape index (κ1) is 42.8. The number of hydrogen-bond acceptors (Lipinski definition) is 1. The number of aromatic nitrogens is 2. The van der Waals surface area contributed by atoms with Crippen LogP contribution in [-0.4, -0.2) is 9.55 Å². The lowest BCUT2D eigenvalue weighted by Crippen LogP contribution is -2.07. The number of nitrogens with zero attached hydrogens (tertiary/aromatic N) is 2. The number of imidazole rings is 1. The minimum Gasteiger partial charge on any atom is -0.296 e. The first-order chi connectivity index (χ1) is 35.7. The van der Waals surface area contributed by atoms with Gasteiger partial charge in [-0.05, 0) is 224 Å². The molecule has 14 rings (SSSR count). The molecule has 0 radical (unpaired) electrons. The summed E-state index contributed by atoms with van der Waals surface area (Å²) >= 11 is 0. The van der Waals surface area contributed by atoms with Crippen LogP contribution in [0.4, 0.5) is 0 Å². The van der Waals surface area contributed by atoms with Crippen LogP contribution in [0.3, 0.4) is 0 Å². The van der Waals surface area contributed by atoms with E-state index in [1.807, 2.05) is 0 Å². The van der Waals surface area contributed by atoms with E-state index >= 15 is 0 Å². The maximum atomic E-state index is 5.34. The number of para-hydroxylation sites is 1. The summed E-state index contributed by atoms with van der Waals surface area (Å²) in [7, 11) is 0. The van der Waals surface area contributed by atoms with Crippen molar-refractivity contribution < 1.29 is 0 Å². The van der Waals surface area contributed by atoms with Crippen molar-refractivity contribution in [1.29, 1.82) is 0 Å². The van der Waals surface area contributed by atoms with Crippen LogP contribution in [0.1, 0.15) is 72.2 Å². The van der Waals surface area contributed by atoms with Crippen molar-refractivity contribution in [1.82, 2.24) is 9.55 Å². The summed E-state index contributed by atoms with van der Waals surface area (Å²) in [5.74, 6) is 2.31. The third-order valence-electron chi connectivity index (χ3n) is 16.1. The molecule has 2 atom stereocenters. The molecule has 0 N–H and O–H groups in total. The van der Waals surface area contributed by atoms with E-state index in [1.165, 1.54) is 136 Å². The zero-order valence-corrected chi connectivity index (χ0v) is 40.7. The topological polar surface area (TPSA) is 17.8 Å². The Balaban J connectivity index is 1.000.